The highest BCUT2D eigenvalue weighted by atomic mass is 16.4. The molecule has 4 atom stereocenters. The topological polar surface area (TPSA) is 80.9 Å². The zero-order valence-electron chi connectivity index (χ0n) is 12.3. The van der Waals surface area contributed by atoms with E-state index in [2.05, 4.69) is 0 Å². The zero-order valence-corrected chi connectivity index (χ0v) is 12.3. The third kappa shape index (κ3) is 4.64. The van der Waals surface area contributed by atoms with E-state index in [0.29, 0.717) is 0 Å². The zero-order chi connectivity index (χ0) is 15.9. The summed E-state index contributed by atoms with van der Waals surface area (Å²) in [5.74, 6) is 0. The van der Waals surface area contributed by atoms with Gasteiger partial charge in [-0.2, -0.15) is 0 Å². The Labute approximate surface area is 130 Å². The normalized spacial score (nSPS) is 16.7. The van der Waals surface area contributed by atoms with E-state index in [1.807, 2.05) is 60.7 Å². The number of benzene rings is 2. The molecule has 0 amide bonds. The Morgan fingerprint density at radius 3 is 1.18 bits per heavy atom. The summed E-state index contributed by atoms with van der Waals surface area (Å²) in [6.07, 6.45) is -4.64. The summed E-state index contributed by atoms with van der Waals surface area (Å²) >= 11 is 0. The first-order valence-electron chi connectivity index (χ1n) is 7.38. The lowest BCUT2D eigenvalue weighted by atomic mass is 9.94. The van der Waals surface area contributed by atoms with Gasteiger partial charge in [-0.25, -0.2) is 0 Å². The molecule has 2 aromatic rings. The lowest BCUT2D eigenvalue weighted by Gasteiger charge is -2.26. The van der Waals surface area contributed by atoms with Crippen LogP contribution in [0.3, 0.4) is 0 Å². The minimum absolute atomic E-state index is 0.219. The van der Waals surface area contributed by atoms with Gasteiger partial charge in [0, 0.05) is 12.8 Å². The molecular formula is C18H22O4. The van der Waals surface area contributed by atoms with Crippen LogP contribution in [0.15, 0.2) is 60.7 Å². The van der Waals surface area contributed by atoms with Crippen LogP contribution in [0, 0.1) is 0 Å². The van der Waals surface area contributed by atoms with E-state index in [4.69, 9.17) is 0 Å². The van der Waals surface area contributed by atoms with Crippen LogP contribution in [-0.4, -0.2) is 44.8 Å². The second kappa shape index (κ2) is 8.06. The lowest BCUT2D eigenvalue weighted by Crippen LogP contribution is -2.46. The van der Waals surface area contributed by atoms with Crippen molar-refractivity contribution < 1.29 is 20.4 Å². The van der Waals surface area contributed by atoms with Crippen molar-refractivity contribution in [3.8, 4) is 0 Å². The molecule has 0 saturated carbocycles. The summed E-state index contributed by atoms with van der Waals surface area (Å²) in [7, 11) is 0. The summed E-state index contributed by atoms with van der Waals surface area (Å²) in [6, 6.07) is 18.4. The van der Waals surface area contributed by atoms with Crippen LogP contribution >= 0.6 is 0 Å². The molecule has 4 heteroatoms. The Morgan fingerprint density at radius 1 is 0.545 bits per heavy atom. The van der Waals surface area contributed by atoms with E-state index in [1.54, 1.807) is 0 Å². The van der Waals surface area contributed by atoms with Crippen LogP contribution in [0.5, 0.6) is 0 Å². The third-order valence-electron chi connectivity index (χ3n) is 3.71. The van der Waals surface area contributed by atoms with Crippen LogP contribution in [0.2, 0.25) is 0 Å². The van der Waals surface area contributed by atoms with Gasteiger partial charge in [-0.1, -0.05) is 60.7 Å². The Morgan fingerprint density at radius 2 is 0.864 bits per heavy atom. The van der Waals surface area contributed by atoms with E-state index < -0.39 is 24.4 Å². The SMILES string of the molecule is OC(Cc1ccccc1)C(O)C(O)C(O)Cc1ccccc1. The maximum absolute atomic E-state index is 10.0. The van der Waals surface area contributed by atoms with E-state index in [-0.39, 0.29) is 12.8 Å². The first-order chi connectivity index (χ1) is 10.6. The fourth-order valence-corrected chi connectivity index (χ4v) is 2.41. The van der Waals surface area contributed by atoms with Gasteiger partial charge in [0.05, 0.1) is 12.2 Å². The smallest absolute Gasteiger partial charge is 0.109 e. The van der Waals surface area contributed by atoms with Crippen LogP contribution < -0.4 is 0 Å². The molecule has 22 heavy (non-hydrogen) atoms. The summed E-state index contributed by atoms with van der Waals surface area (Å²) < 4.78 is 0. The highest BCUT2D eigenvalue weighted by molar-refractivity contribution is 5.17. The quantitative estimate of drug-likeness (QED) is 0.613. The first-order valence-corrected chi connectivity index (χ1v) is 7.38. The predicted molar refractivity (Wildman–Crippen MR) is 84.3 cm³/mol. The molecule has 0 aliphatic carbocycles. The Hall–Kier alpha value is -1.72. The van der Waals surface area contributed by atoms with Crippen molar-refractivity contribution in [2.75, 3.05) is 0 Å². The van der Waals surface area contributed by atoms with Gasteiger partial charge in [-0.15, -0.1) is 0 Å². The van der Waals surface area contributed by atoms with Gasteiger partial charge in [0.15, 0.2) is 0 Å². The van der Waals surface area contributed by atoms with Gasteiger partial charge < -0.3 is 20.4 Å². The molecule has 0 aliphatic heterocycles. The molecule has 2 rings (SSSR count). The third-order valence-corrected chi connectivity index (χ3v) is 3.71. The Balaban J connectivity index is 1.91. The highest BCUT2D eigenvalue weighted by Crippen LogP contribution is 2.14. The van der Waals surface area contributed by atoms with Gasteiger partial charge >= 0.3 is 0 Å². The van der Waals surface area contributed by atoms with E-state index in [1.165, 1.54) is 0 Å². The van der Waals surface area contributed by atoms with Crippen molar-refractivity contribution in [3.63, 3.8) is 0 Å². The van der Waals surface area contributed by atoms with Crippen molar-refractivity contribution in [2.45, 2.75) is 37.3 Å². The molecule has 0 aliphatic rings. The van der Waals surface area contributed by atoms with Crippen molar-refractivity contribution in [2.24, 2.45) is 0 Å². The van der Waals surface area contributed by atoms with Crippen LogP contribution in [0.1, 0.15) is 11.1 Å². The fraction of sp³-hybridized carbons (Fsp3) is 0.333. The molecule has 0 heterocycles. The average Bonchev–Trinajstić information content (AvgIpc) is 2.55. The molecule has 0 saturated heterocycles. The molecular weight excluding hydrogens is 280 g/mol. The fourth-order valence-electron chi connectivity index (χ4n) is 2.41. The molecule has 0 bridgehead atoms. The number of aliphatic hydroxyl groups is 4. The van der Waals surface area contributed by atoms with E-state index >= 15 is 0 Å². The van der Waals surface area contributed by atoms with Crippen molar-refractivity contribution in [1.82, 2.24) is 0 Å². The predicted octanol–water partition coefficient (Wildman–Crippen LogP) is 0.915. The number of rotatable bonds is 7. The van der Waals surface area contributed by atoms with Crippen LogP contribution in [0.25, 0.3) is 0 Å². The molecule has 0 spiro atoms. The van der Waals surface area contributed by atoms with E-state index in [0.717, 1.165) is 11.1 Å². The van der Waals surface area contributed by atoms with Gasteiger partial charge in [0.25, 0.3) is 0 Å². The van der Waals surface area contributed by atoms with Crippen molar-refractivity contribution in [3.05, 3.63) is 71.8 Å². The van der Waals surface area contributed by atoms with E-state index in [9.17, 15) is 20.4 Å². The minimum atomic E-state index is -1.40. The molecule has 4 N–H and O–H groups in total. The Bertz CT molecular complexity index is 492. The molecule has 0 aromatic heterocycles. The maximum atomic E-state index is 10.0. The summed E-state index contributed by atoms with van der Waals surface area (Å²) in [6.45, 7) is 0. The maximum Gasteiger partial charge on any atom is 0.109 e. The summed E-state index contributed by atoms with van der Waals surface area (Å²) in [5, 5.41) is 40.1. The molecule has 0 fully saturated rings. The highest BCUT2D eigenvalue weighted by Gasteiger charge is 2.30. The number of hydrogen-bond donors (Lipinski definition) is 4. The van der Waals surface area contributed by atoms with Crippen LogP contribution in [-0.2, 0) is 12.8 Å². The van der Waals surface area contributed by atoms with Crippen molar-refractivity contribution in [1.29, 1.82) is 0 Å². The van der Waals surface area contributed by atoms with Gasteiger partial charge in [-0.3, -0.25) is 0 Å². The first kappa shape index (κ1) is 16.6. The number of hydrogen-bond acceptors (Lipinski definition) is 4. The molecule has 4 nitrogen and oxygen atoms in total. The monoisotopic (exact) mass is 302 g/mol. The van der Waals surface area contributed by atoms with Gasteiger partial charge in [-0.05, 0) is 11.1 Å². The molecule has 2 aromatic carbocycles. The summed E-state index contributed by atoms with van der Waals surface area (Å²) in [4.78, 5) is 0. The van der Waals surface area contributed by atoms with Gasteiger partial charge in [0.1, 0.15) is 12.2 Å². The second-order valence-electron chi connectivity index (χ2n) is 5.50. The molecule has 0 radical (unpaired) electrons. The number of aliphatic hydroxyl groups excluding tert-OH is 4. The summed E-state index contributed by atoms with van der Waals surface area (Å²) in [5.41, 5.74) is 1.72. The molecule has 4 unspecified atom stereocenters. The van der Waals surface area contributed by atoms with Crippen molar-refractivity contribution >= 4 is 0 Å². The second-order valence-corrected chi connectivity index (χ2v) is 5.50. The largest absolute Gasteiger partial charge is 0.390 e. The van der Waals surface area contributed by atoms with Gasteiger partial charge in [0.2, 0.25) is 0 Å². The Kier molecular flexibility index (Phi) is 6.10. The molecule has 118 valence electrons. The lowest BCUT2D eigenvalue weighted by molar-refractivity contribution is -0.104. The average molecular weight is 302 g/mol. The van der Waals surface area contributed by atoms with Crippen LogP contribution in [0.4, 0.5) is 0 Å². The standard InChI is InChI=1S/C18H22O4/c19-15(11-13-7-3-1-4-8-13)17(21)18(22)16(20)12-14-9-5-2-6-10-14/h1-10,15-22H,11-12H2. The minimum Gasteiger partial charge on any atom is -0.390 e.